The van der Waals surface area contributed by atoms with Crippen LogP contribution in [-0.2, 0) is 25.5 Å². The standard InChI is InChI=1S/C30H46N6O6S.2C2H6/c1-7-9-13-21(24(37)30(14-10-8-2)40-16-17-41-30)23(34-39)25-32-26-22(27(33-25)43-6)18-31-36(26)19-20-12-11-15-35(20)28(38)42-29(3,4)5;2*1-2/h18,20-21,39H,7-17,19H2,1-6H3;2*1-2H3/b34-23-;;. The third-order valence-corrected chi connectivity index (χ3v) is 8.56. The molecule has 2 aromatic rings. The van der Waals surface area contributed by atoms with Crippen molar-refractivity contribution in [3.8, 4) is 0 Å². The Bertz CT molecular complexity index is 1300. The molecular weight excluding hydrogens is 620 g/mol. The first-order chi connectivity index (χ1) is 22.6. The zero-order valence-corrected chi connectivity index (χ0v) is 31.1. The SMILES string of the molecule is CC.CC.CCCCC(C(=O)C1(CCCC)OCCO1)/C(=N/O)c1nc(SC)c2cnn(CC3CCCN3C(=O)OC(C)(C)C)c2n1. The van der Waals surface area contributed by atoms with Crippen molar-refractivity contribution in [1.82, 2.24) is 24.6 Å². The van der Waals surface area contributed by atoms with Gasteiger partial charge in [-0.1, -0.05) is 66.0 Å². The molecule has 2 aliphatic rings. The molecule has 0 aliphatic carbocycles. The van der Waals surface area contributed by atoms with Crippen LogP contribution in [0.1, 0.15) is 120 Å². The number of carbonyl (C=O) groups excluding carboxylic acids is 2. The average Bonchev–Trinajstić information content (AvgIpc) is 3.84. The maximum Gasteiger partial charge on any atom is 0.410 e. The minimum absolute atomic E-state index is 0.0922. The number of hydrogen-bond acceptors (Lipinski definition) is 11. The van der Waals surface area contributed by atoms with Crippen molar-refractivity contribution < 1.29 is 29.0 Å². The van der Waals surface area contributed by atoms with Gasteiger partial charge in [0.1, 0.15) is 16.3 Å². The normalized spacial score (nSPS) is 18.3. The van der Waals surface area contributed by atoms with E-state index in [4.69, 9.17) is 24.2 Å². The molecule has 12 nitrogen and oxygen atoms in total. The number of ether oxygens (including phenoxy) is 3. The lowest BCUT2D eigenvalue weighted by Crippen LogP contribution is -2.46. The van der Waals surface area contributed by atoms with Gasteiger partial charge in [0, 0.05) is 13.0 Å². The minimum atomic E-state index is -1.37. The number of likely N-dealkylation sites (tertiary alicyclic amines) is 1. The number of oxime groups is 1. The van der Waals surface area contributed by atoms with Crippen LogP contribution in [0.25, 0.3) is 11.0 Å². The number of hydrogen-bond donors (Lipinski definition) is 1. The molecular formula is C34H58N6O6S. The summed E-state index contributed by atoms with van der Waals surface area (Å²) in [6.45, 7) is 19.4. The van der Waals surface area contributed by atoms with E-state index in [-0.39, 0.29) is 29.5 Å². The molecule has 13 heteroatoms. The molecule has 0 aromatic carbocycles. The topological polar surface area (TPSA) is 141 Å². The van der Waals surface area contributed by atoms with E-state index in [0.29, 0.717) is 49.8 Å². The Balaban J connectivity index is 0.00000185. The van der Waals surface area contributed by atoms with Gasteiger partial charge in [0.2, 0.25) is 11.6 Å². The fourth-order valence-corrected chi connectivity index (χ4v) is 6.27. The summed E-state index contributed by atoms with van der Waals surface area (Å²) in [7, 11) is 0. The number of aromatic nitrogens is 4. The van der Waals surface area contributed by atoms with Crippen LogP contribution in [0.3, 0.4) is 0 Å². The summed E-state index contributed by atoms with van der Waals surface area (Å²) in [6.07, 6.45) is 9.06. The van der Waals surface area contributed by atoms with Gasteiger partial charge in [-0.05, 0) is 52.7 Å². The Hall–Kier alpha value is -2.77. The van der Waals surface area contributed by atoms with Crippen LogP contribution in [0.5, 0.6) is 0 Å². The van der Waals surface area contributed by atoms with Crippen LogP contribution >= 0.6 is 11.8 Å². The van der Waals surface area contributed by atoms with Crippen molar-refractivity contribution in [3.05, 3.63) is 12.0 Å². The zero-order valence-electron chi connectivity index (χ0n) is 30.3. The molecule has 266 valence electrons. The summed E-state index contributed by atoms with van der Waals surface area (Å²) in [5.74, 6) is -2.29. The van der Waals surface area contributed by atoms with Crippen LogP contribution in [0.4, 0.5) is 4.79 Å². The van der Waals surface area contributed by atoms with Crippen LogP contribution in [-0.4, -0.2) is 90.9 Å². The van der Waals surface area contributed by atoms with Gasteiger partial charge < -0.3 is 24.3 Å². The van der Waals surface area contributed by atoms with E-state index in [1.807, 2.05) is 61.6 Å². The number of amides is 1. The molecule has 1 amide bonds. The second-order valence-corrected chi connectivity index (χ2v) is 13.0. The zero-order chi connectivity index (χ0) is 35.2. The van der Waals surface area contributed by atoms with E-state index in [9.17, 15) is 14.8 Å². The lowest BCUT2D eigenvalue weighted by molar-refractivity contribution is -0.185. The highest BCUT2D eigenvalue weighted by atomic mass is 32.2. The van der Waals surface area contributed by atoms with Gasteiger partial charge in [-0.25, -0.2) is 19.4 Å². The number of carbonyl (C=O) groups is 2. The van der Waals surface area contributed by atoms with Crippen LogP contribution in [0, 0.1) is 5.92 Å². The first-order valence-electron chi connectivity index (χ1n) is 17.4. The molecule has 2 atom stereocenters. The number of unbranched alkanes of at least 4 members (excludes halogenated alkanes) is 2. The van der Waals surface area contributed by atoms with Gasteiger partial charge in [-0.15, -0.1) is 11.8 Å². The van der Waals surface area contributed by atoms with Gasteiger partial charge >= 0.3 is 6.09 Å². The smallest absolute Gasteiger partial charge is 0.410 e. The van der Waals surface area contributed by atoms with Gasteiger partial charge in [-0.2, -0.15) is 5.10 Å². The van der Waals surface area contributed by atoms with Gasteiger partial charge in [0.15, 0.2) is 11.5 Å². The van der Waals surface area contributed by atoms with E-state index >= 15 is 0 Å². The van der Waals surface area contributed by atoms with Crippen molar-refractivity contribution in [2.45, 2.75) is 143 Å². The molecule has 2 unspecified atom stereocenters. The molecule has 4 heterocycles. The van der Waals surface area contributed by atoms with Crippen molar-refractivity contribution in [1.29, 1.82) is 0 Å². The Morgan fingerprint density at radius 1 is 1.13 bits per heavy atom. The van der Waals surface area contributed by atoms with Gasteiger partial charge in [0.25, 0.3) is 0 Å². The lowest BCUT2D eigenvalue weighted by atomic mass is 9.85. The summed E-state index contributed by atoms with van der Waals surface area (Å²) >= 11 is 1.42. The summed E-state index contributed by atoms with van der Waals surface area (Å²) < 4.78 is 19.3. The average molecular weight is 679 g/mol. The molecule has 2 fully saturated rings. The Kier molecular flexibility index (Phi) is 16.6. The number of thioether (sulfide) groups is 1. The Labute approximate surface area is 285 Å². The number of rotatable bonds is 13. The number of fused-ring (bicyclic) bond motifs is 1. The Morgan fingerprint density at radius 3 is 2.36 bits per heavy atom. The maximum absolute atomic E-state index is 14.1. The second kappa shape index (κ2) is 19.3. The summed E-state index contributed by atoms with van der Waals surface area (Å²) in [5, 5.41) is 20.0. The Morgan fingerprint density at radius 2 is 1.79 bits per heavy atom. The third kappa shape index (κ3) is 10.1. The molecule has 0 radical (unpaired) electrons. The van der Waals surface area contributed by atoms with Crippen molar-refractivity contribution in [2.24, 2.45) is 11.1 Å². The molecule has 1 N–H and O–H groups in total. The maximum atomic E-state index is 14.1. The van der Waals surface area contributed by atoms with Gasteiger partial charge in [-0.3, -0.25) is 4.79 Å². The summed E-state index contributed by atoms with van der Waals surface area (Å²) in [4.78, 5) is 38.4. The highest BCUT2D eigenvalue weighted by Gasteiger charge is 2.48. The van der Waals surface area contributed by atoms with E-state index in [1.54, 1.807) is 15.8 Å². The fourth-order valence-electron chi connectivity index (χ4n) is 5.73. The van der Waals surface area contributed by atoms with E-state index < -0.39 is 17.3 Å². The second-order valence-electron chi connectivity index (χ2n) is 12.2. The molecule has 47 heavy (non-hydrogen) atoms. The van der Waals surface area contributed by atoms with E-state index in [0.717, 1.165) is 43.9 Å². The summed E-state index contributed by atoms with van der Waals surface area (Å²) in [6, 6.07) is -0.117. The van der Waals surface area contributed by atoms with Crippen molar-refractivity contribution in [2.75, 3.05) is 26.0 Å². The third-order valence-electron chi connectivity index (χ3n) is 7.86. The first kappa shape index (κ1) is 40.4. The molecule has 2 aromatic heterocycles. The lowest BCUT2D eigenvalue weighted by Gasteiger charge is -2.30. The minimum Gasteiger partial charge on any atom is -0.444 e. The largest absolute Gasteiger partial charge is 0.444 e. The number of nitrogens with zero attached hydrogens (tertiary/aromatic N) is 6. The molecule has 0 spiro atoms. The molecule has 0 saturated carbocycles. The van der Waals surface area contributed by atoms with E-state index in [2.05, 4.69) is 17.2 Å². The first-order valence-corrected chi connectivity index (χ1v) is 18.6. The number of Topliss-reactive ketones (excluding diaryl/α,β-unsaturated/α-hetero) is 1. The summed E-state index contributed by atoms with van der Waals surface area (Å²) in [5.41, 5.74) is 0.0462. The number of ketones is 1. The quantitative estimate of drug-likeness (QED) is 0.0745. The molecule has 4 rings (SSSR count). The highest BCUT2D eigenvalue weighted by Crippen LogP contribution is 2.34. The molecule has 0 bridgehead atoms. The van der Waals surface area contributed by atoms with Crippen molar-refractivity contribution in [3.63, 3.8) is 0 Å². The monoisotopic (exact) mass is 678 g/mol. The van der Waals surface area contributed by atoms with Crippen molar-refractivity contribution >= 4 is 40.4 Å². The fraction of sp³-hybridized carbons (Fsp3) is 0.765. The molecule has 2 saturated heterocycles. The van der Waals surface area contributed by atoms with Crippen LogP contribution < -0.4 is 0 Å². The predicted octanol–water partition coefficient (Wildman–Crippen LogP) is 7.49. The van der Waals surface area contributed by atoms with E-state index in [1.165, 1.54) is 11.8 Å². The highest BCUT2D eigenvalue weighted by molar-refractivity contribution is 7.98. The van der Waals surface area contributed by atoms with Gasteiger partial charge in [0.05, 0.1) is 43.3 Å². The predicted molar refractivity (Wildman–Crippen MR) is 186 cm³/mol. The van der Waals surface area contributed by atoms with Crippen LogP contribution in [0.2, 0.25) is 0 Å². The molecule has 2 aliphatic heterocycles. The van der Waals surface area contributed by atoms with Crippen LogP contribution in [0.15, 0.2) is 16.4 Å².